The lowest BCUT2D eigenvalue weighted by molar-refractivity contribution is -0.186. The zero-order valence-corrected chi connectivity index (χ0v) is 13.3. The summed E-state index contributed by atoms with van der Waals surface area (Å²) in [6, 6.07) is 3.91. The Balaban J connectivity index is 1.58. The van der Waals surface area contributed by atoms with Gasteiger partial charge in [-0.05, 0) is 37.8 Å². The van der Waals surface area contributed by atoms with Gasteiger partial charge >= 0.3 is 0 Å². The summed E-state index contributed by atoms with van der Waals surface area (Å²) in [5.41, 5.74) is 1.01. The van der Waals surface area contributed by atoms with Gasteiger partial charge in [0.1, 0.15) is 0 Å². The van der Waals surface area contributed by atoms with Gasteiger partial charge < -0.3 is 9.47 Å². The summed E-state index contributed by atoms with van der Waals surface area (Å²) in [4.78, 5) is 6.81. The fraction of sp³-hybridized carbons (Fsp3) is 0.688. The highest BCUT2D eigenvalue weighted by Gasteiger charge is 2.44. The van der Waals surface area contributed by atoms with Gasteiger partial charge in [0.15, 0.2) is 0 Å². The van der Waals surface area contributed by atoms with Crippen LogP contribution >= 0.6 is 11.6 Å². The monoisotopic (exact) mass is 310 g/mol. The fourth-order valence-electron chi connectivity index (χ4n) is 3.52. The summed E-state index contributed by atoms with van der Waals surface area (Å²) >= 11 is 5.88. The topological polar surface area (TPSA) is 34.6 Å². The predicted octanol–water partition coefficient (Wildman–Crippen LogP) is 2.90. The smallest absolute Gasteiger partial charge is 0.0967 e. The zero-order valence-electron chi connectivity index (χ0n) is 12.6. The number of piperidine rings is 1. The summed E-state index contributed by atoms with van der Waals surface area (Å²) in [6.45, 7) is 3.82. The summed E-state index contributed by atoms with van der Waals surface area (Å²) < 4.78 is 11.8. The predicted molar refractivity (Wildman–Crippen MR) is 82.5 cm³/mol. The second kappa shape index (κ2) is 6.61. The second-order valence-electron chi connectivity index (χ2n) is 6.02. The molecule has 0 aliphatic carbocycles. The van der Waals surface area contributed by atoms with Crippen LogP contribution in [0.2, 0.25) is 5.02 Å². The molecule has 1 aromatic heterocycles. The van der Waals surface area contributed by atoms with Crippen molar-refractivity contribution in [2.75, 3.05) is 26.8 Å². The maximum Gasteiger partial charge on any atom is 0.0967 e. The molecule has 0 N–H and O–H groups in total. The van der Waals surface area contributed by atoms with Gasteiger partial charge in [0.25, 0.3) is 0 Å². The molecule has 2 aliphatic heterocycles. The first kappa shape index (κ1) is 15.2. The van der Waals surface area contributed by atoms with Crippen LogP contribution in [0.25, 0.3) is 0 Å². The number of hydrogen-bond acceptors (Lipinski definition) is 4. The molecule has 3 heterocycles. The van der Waals surface area contributed by atoms with Gasteiger partial charge in [0, 0.05) is 39.5 Å². The van der Waals surface area contributed by atoms with Gasteiger partial charge in [0.2, 0.25) is 0 Å². The van der Waals surface area contributed by atoms with Crippen LogP contribution in [0.4, 0.5) is 0 Å². The van der Waals surface area contributed by atoms with Crippen LogP contribution in [0.15, 0.2) is 18.3 Å². The number of ether oxygens (including phenoxy) is 2. The molecule has 4 nitrogen and oxygen atoms in total. The lowest BCUT2D eigenvalue weighted by Crippen LogP contribution is -2.55. The number of methoxy groups -OCH3 is 1. The third kappa shape index (κ3) is 3.39. The molecule has 0 saturated carbocycles. The normalized spacial score (nSPS) is 26.1. The van der Waals surface area contributed by atoms with Gasteiger partial charge in [-0.15, -0.1) is 0 Å². The van der Waals surface area contributed by atoms with E-state index in [1.54, 1.807) is 6.20 Å². The third-order valence-corrected chi connectivity index (χ3v) is 4.97. The SMILES string of the molecule is COC1CCCOC12CCN(Cc1ccc(Cl)cn1)CC2. The molecule has 0 aromatic carbocycles. The number of likely N-dealkylation sites (tertiary alicyclic amines) is 1. The lowest BCUT2D eigenvalue weighted by Gasteiger charge is -2.48. The van der Waals surface area contributed by atoms with E-state index in [0.29, 0.717) is 5.02 Å². The van der Waals surface area contributed by atoms with E-state index in [-0.39, 0.29) is 11.7 Å². The average molecular weight is 311 g/mol. The molecule has 2 aliphatic rings. The molecule has 3 rings (SSSR count). The Hall–Kier alpha value is -0.680. The Kier molecular flexibility index (Phi) is 4.79. The largest absolute Gasteiger partial charge is 0.378 e. The molecule has 0 radical (unpaired) electrons. The van der Waals surface area contributed by atoms with Crippen LogP contribution in [0.5, 0.6) is 0 Å². The minimum Gasteiger partial charge on any atom is -0.378 e. The number of halogens is 1. The first-order chi connectivity index (χ1) is 10.2. The highest BCUT2D eigenvalue weighted by Crippen LogP contribution is 2.37. The molecule has 0 amide bonds. The Morgan fingerprint density at radius 1 is 1.43 bits per heavy atom. The second-order valence-corrected chi connectivity index (χ2v) is 6.46. The van der Waals surface area contributed by atoms with Crippen LogP contribution in [-0.2, 0) is 16.0 Å². The number of hydrogen-bond donors (Lipinski definition) is 0. The van der Waals surface area contributed by atoms with Crippen molar-refractivity contribution < 1.29 is 9.47 Å². The molecule has 116 valence electrons. The molecule has 5 heteroatoms. The molecule has 1 atom stereocenters. The molecule has 2 saturated heterocycles. The summed E-state index contributed by atoms with van der Waals surface area (Å²) in [5.74, 6) is 0. The summed E-state index contributed by atoms with van der Waals surface area (Å²) in [7, 11) is 1.81. The van der Waals surface area contributed by atoms with E-state index in [9.17, 15) is 0 Å². The van der Waals surface area contributed by atoms with Crippen LogP contribution in [0.1, 0.15) is 31.4 Å². The molecular weight excluding hydrogens is 288 g/mol. The van der Waals surface area contributed by atoms with Crippen molar-refractivity contribution in [3.05, 3.63) is 29.0 Å². The van der Waals surface area contributed by atoms with Crippen LogP contribution < -0.4 is 0 Å². The van der Waals surface area contributed by atoms with Crippen LogP contribution in [0.3, 0.4) is 0 Å². The minimum absolute atomic E-state index is 0.0586. The molecule has 2 fully saturated rings. The van der Waals surface area contributed by atoms with Crippen molar-refractivity contribution in [3.63, 3.8) is 0 Å². The quantitative estimate of drug-likeness (QED) is 0.860. The van der Waals surface area contributed by atoms with E-state index >= 15 is 0 Å². The van der Waals surface area contributed by atoms with Gasteiger partial charge in [-0.25, -0.2) is 0 Å². The minimum atomic E-state index is -0.0586. The molecule has 1 aromatic rings. The molecule has 1 spiro atoms. The van der Waals surface area contributed by atoms with E-state index in [2.05, 4.69) is 9.88 Å². The van der Waals surface area contributed by atoms with Crippen molar-refractivity contribution in [1.29, 1.82) is 0 Å². The first-order valence-corrected chi connectivity index (χ1v) is 8.09. The summed E-state index contributed by atoms with van der Waals surface area (Å²) in [5, 5.41) is 0.690. The van der Waals surface area contributed by atoms with Crippen molar-refractivity contribution in [2.45, 2.75) is 43.9 Å². The van der Waals surface area contributed by atoms with Crippen molar-refractivity contribution >= 4 is 11.6 Å². The average Bonchev–Trinajstić information content (AvgIpc) is 2.52. The first-order valence-electron chi connectivity index (χ1n) is 7.71. The number of rotatable bonds is 3. The third-order valence-electron chi connectivity index (χ3n) is 4.75. The van der Waals surface area contributed by atoms with Gasteiger partial charge in [-0.1, -0.05) is 11.6 Å². The lowest BCUT2D eigenvalue weighted by atomic mass is 9.82. The maximum atomic E-state index is 6.14. The van der Waals surface area contributed by atoms with Crippen LogP contribution in [-0.4, -0.2) is 48.4 Å². The Labute approximate surface area is 131 Å². The van der Waals surface area contributed by atoms with Crippen molar-refractivity contribution in [2.24, 2.45) is 0 Å². The Bertz CT molecular complexity index is 458. The Morgan fingerprint density at radius 3 is 2.90 bits per heavy atom. The molecule has 1 unspecified atom stereocenters. The van der Waals surface area contributed by atoms with E-state index in [1.807, 2.05) is 19.2 Å². The standard InChI is InChI=1S/C16H23ClN2O2/c1-20-15-3-2-10-21-16(15)6-8-19(9-7-16)12-14-5-4-13(17)11-18-14/h4-5,11,15H,2-3,6-10,12H2,1H3. The number of pyridine rings is 1. The van der Waals surface area contributed by atoms with E-state index in [4.69, 9.17) is 21.1 Å². The van der Waals surface area contributed by atoms with Gasteiger partial charge in [-0.3, -0.25) is 9.88 Å². The van der Waals surface area contributed by atoms with Gasteiger partial charge in [-0.2, -0.15) is 0 Å². The molecule has 21 heavy (non-hydrogen) atoms. The summed E-state index contributed by atoms with van der Waals surface area (Å²) in [6.07, 6.45) is 6.28. The van der Waals surface area contributed by atoms with E-state index in [1.165, 1.54) is 0 Å². The molecular formula is C16H23ClN2O2. The number of nitrogens with zero attached hydrogens (tertiary/aromatic N) is 2. The van der Waals surface area contributed by atoms with E-state index < -0.39 is 0 Å². The highest BCUT2D eigenvalue weighted by molar-refractivity contribution is 6.30. The van der Waals surface area contributed by atoms with Crippen LogP contribution in [0, 0.1) is 0 Å². The highest BCUT2D eigenvalue weighted by atomic mass is 35.5. The van der Waals surface area contributed by atoms with E-state index in [0.717, 1.165) is 57.6 Å². The number of aromatic nitrogens is 1. The van der Waals surface area contributed by atoms with Crippen molar-refractivity contribution in [1.82, 2.24) is 9.88 Å². The maximum absolute atomic E-state index is 6.14. The molecule has 0 bridgehead atoms. The van der Waals surface area contributed by atoms with Gasteiger partial charge in [0.05, 0.1) is 22.4 Å². The fourth-order valence-corrected chi connectivity index (χ4v) is 3.63. The van der Waals surface area contributed by atoms with Crippen molar-refractivity contribution in [3.8, 4) is 0 Å². The Morgan fingerprint density at radius 2 is 2.24 bits per heavy atom. The zero-order chi connectivity index (χ0) is 14.7.